The molecule has 1 aromatic heterocycles. The molecule has 3 aromatic rings. The summed E-state index contributed by atoms with van der Waals surface area (Å²) in [7, 11) is 0. The number of ether oxygens (including phenoxy) is 1. The Bertz CT molecular complexity index is 1030. The SMILES string of the molecule is CC(=O)Oc1c(Cl)cc(Cl)c2ccc(/C=C/c3c(F)cccc3Br)nc12. The first-order chi connectivity index (χ1) is 12.4. The van der Waals surface area contributed by atoms with E-state index in [1.54, 1.807) is 36.4 Å². The van der Waals surface area contributed by atoms with Crippen molar-refractivity contribution in [1.29, 1.82) is 0 Å². The standard InChI is InChI=1S/C19H11BrCl2FNO2/c1-10(25)26-19-16(22)9-15(21)13-8-6-11(24-18(13)19)5-7-12-14(20)3-2-4-17(12)23/h2-9H,1H3/b7-5+. The van der Waals surface area contributed by atoms with E-state index < -0.39 is 5.97 Å². The Labute approximate surface area is 167 Å². The Balaban J connectivity index is 2.11. The molecule has 2 aromatic carbocycles. The summed E-state index contributed by atoms with van der Waals surface area (Å²) in [6, 6.07) is 9.69. The molecule has 0 spiro atoms. The first-order valence-corrected chi connectivity index (χ1v) is 9.01. The van der Waals surface area contributed by atoms with Crippen LogP contribution in [0.5, 0.6) is 5.75 Å². The van der Waals surface area contributed by atoms with E-state index in [0.29, 0.717) is 31.7 Å². The third-order valence-electron chi connectivity index (χ3n) is 3.53. The quantitative estimate of drug-likeness (QED) is 0.333. The first-order valence-electron chi connectivity index (χ1n) is 7.46. The minimum absolute atomic E-state index is 0.140. The van der Waals surface area contributed by atoms with Crippen LogP contribution in [0.4, 0.5) is 4.39 Å². The van der Waals surface area contributed by atoms with Crippen molar-refractivity contribution >= 4 is 68.2 Å². The van der Waals surface area contributed by atoms with E-state index in [2.05, 4.69) is 20.9 Å². The first kappa shape index (κ1) is 18.8. The molecule has 0 bridgehead atoms. The lowest BCUT2D eigenvalue weighted by Crippen LogP contribution is -2.03. The van der Waals surface area contributed by atoms with Gasteiger partial charge in [0.15, 0.2) is 5.75 Å². The van der Waals surface area contributed by atoms with Gasteiger partial charge < -0.3 is 4.74 Å². The number of pyridine rings is 1. The van der Waals surface area contributed by atoms with Crippen LogP contribution in [-0.2, 0) is 4.79 Å². The van der Waals surface area contributed by atoms with E-state index >= 15 is 0 Å². The summed E-state index contributed by atoms with van der Waals surface area (Å²) >= 11 is 15.7. The topological polar surface area (TPSA) is 39.2 Å². The average molecular weight is 455 g/mol. The molecular weight excluding hydrogens is 444 g/mol. The lowest BCUT2D eigenvalue weighted by atomic mass is 10.1. The maximum absolute atomic E-state index is 13.9. The minimum Gasteiger partial charge on any atom is -0.423 e. The summed E-state index contributed by atoms with van der Waals surface area (Å²) < 4.78 is 19.7. The molecule has 0 fully saturated rings. The molecule has 0 atom stereocenters. The number of esters is 1. The highest BCUT2D eigenvalue weighted by atomic mass is 79.9. The smallest absolute Gasteiger partial charge is 0.308 e. The molecule has 0 unspecified atom stereocenters. The van der Waals surface area contributed by atoms with E-state index in [4.69, 9.17) is 27.9 Å². The summed E-state index contributed by atoms with van der Waals surface area (Å²) in [5.41, 5.74) is 1.28. The number of fused-ring (bicyclic) bond motifs is 1. The Morgan fingerprint density at radius 3 is 2.65 bits per heavy atom. The van der Waals surface area contributed by atoms with Gasteiger partial charge in [0.1, 0.15) is 11.3 Å². The van der Waals surface area contributed by atoms with E-state index in [1.165, 1.54) is 19.1 Å². The third-order valence-corrected chi connectivity index (χ3v) is 4.81. The second-order valence-electron chi connectivity index (χ2n) is 5.36. The fraction of sp³-hybridized carbons (Fsp3) is 0.0526. The van der Waals surface area contributed by atoms with Crippen molar-refractivity contribution in [3.63, 3.8) is 0 Å². The van der Waals surface area contributed by atoms with Gasteiger partial charge in [-0.05, 0) is 42.5 Å². The van der Waals surface area contributed by atoms with E-state index in [-0.39, 0.29) is 16.6 Å². The Kier molecular flexibility index (Phi) is 5.61. The fourth-order valence-electron chi connectivity index (χ4n) is 2.38. The van der Waals surface area contributed by atoms with E-state index in [9.17, 15) is 9.18 Å². The lowest BCUT2D eigenvalue weighted by Gasteiger charge is -2.10. The predicted octanol–water partition coefficient (Wildman–Crippen LogP) is 6.54. The Hall–Kier alpha value is -1.95. The van der Waals surface area contributed by atoms with Crippen molar-refractivity contribution in [1.82, 2.24) is 4.98 Å². The van der Waals surface area contributed by atoms with Crippen LogP contribution in [0.15, 0.2) is 40.9 Å². The van der Waals surface area contributed by atoms with Crippen molar-refractivity contribution in [3.05, 3.63) is 68.0 Å². The van der Waals surface area contributed by atoms with Gasteiger partial charge in [0.2, 0.25) is 0 Å². The van der Waals surface area contributed by atoms with Crippen molar-refractivity contribution in [2.45, 2.75) is 6.92 Å². The summed E-state index contributed by atoms with van der Waals surface area (Å²) in [6.07, 6.45) is 3.25. The van der Waals surface area contributed by atoms with Gasteiger partial charge in [-0.25, -0.2) is 9.37 Å². The molecule has 0 aliphatic carbocycles. The largest absolute Gasteiger partial charge is 0.423 e. The van der Waals surface area contributed by atoms with Crippen molar-refractivity contribution in [2.24, 2.45) is 0 Å². The Morgan fingerprint density at radius 2 is 1.96 bits per heavy atom. The Morgan fingerprint density at radius 1 is 1.19 bits per heavy atom. The summed E-state index contributed by atoms with van der Waals surface area (Å²) in [6.45, 7) is 1.27. The number of benzene rings is 2. The number of hydrogen-bond donors (Lipinski definition) is 0. The molecule has 0 saturated heterocycles. The molecular formula is C19H11BrCl2FNO2. The van der Waals surface area contributed by atoms with Gasteiger partial charge in [0, 0.05) is 22.3 Å². The average Bonchev–Trinajstić information content (AvgIpc) is 2.58. The summed E-state index contributed by atoms with van der Waals surface area (Å²) in [5, 5.41) is 1.17. The highest BCUT2D eigenvalue weighted by Crippen LogP contribution is 2.37. The minimum atomic E-state index is -0.520. The number of nitrogens with zero attached hydrogens (tertiary/aromatic N) is 1. The van der Waals surface area contributed by atoms with Gasteiger partial charge in [0.25, 0.3) is 0 Å². The fourth-order valence-corrected chi connectivity index (χ4v) is 3.41. The maximum atomic E-state index is 13.9. The number of halogens is 4. The number of carbonyl (C=O) groups excluding carboxylic acids is 1. The normalized spacial score (nSPS) is 11.3. The van der Waals surface area contributed by atoms with Crippen LogP contribution in [0.25, 0.3) is 23.1 Å². The molecule has 3 nitrogen and oxygen atoms in total. The molecule has 0 aliphatic heterocycles. The molecule has 0 aliphatic rings. The molecule has 3 rings (SSSR count). The zero-order valence-electron chi connectivity index (χ0n) is 13.4. The van der Waals surface area contributed by atoms with Gasteiger partial charge >= 0.3 is 5.97 Å². The number of rotatable bonds is 3. The highest BCUT2D eigenvalue weighted by molar-refractivity contribution is 9.10. The molecule has 1 heterocycles. The van der Waals surface area contributed by atoms with Crippen LogP contribution in [0.3, 0.4) is 0 Å². The molecule has 26 heavy (non-hydrogen) atoms. The van der Waals surface area contributed by atoms with E-state index in [1.807, 2.05) is 0 Å². The lowest BCUT2D eigenvalue weighted by molar-refractivity contribution is -0.131. The molecule has 7 heteroatoms. The number of aromatic nitrogens is 1. The second-order valence-corrected chi connectivity index (χ2v) is 7.03. The summed E-state index contributed by atoms with van der Waals surface area (Å²) in [4.78, 5) is 15.8. The predicted molar refractivity (Wildman–Crippen MR) is 106 cm³/mol. The molecule has 0 radical (unpaired) electrons. The number of carbonyl (C=O) groups is 1. The van der Waals surface area contributed by atoms with Crippen molar-refractivity contribution in [3.8, 4) is 5.75 Å². The van der Waals surface area contributed by atoms with Crippen LogP contribution in [0, 0.1) is 5.82 Å². The number of hydrogen-bond acceptors (Lipinski definition) is 3. The van der Waals surface area contributed by atoms with Crippen LogP contribution < -0.4 is 4.74 Å². The van der Waals surface area contributed by atoms with Crippen molar-refractivity contribution in [2.75, 3.05) is 0 Å². The molecule has 132 valence electrons. The van der Waals surface area contributed by atoms with Gasteiger partial charge in [0.05, 0.1) is 15.7 Å². The van der Waals surface area contributed by atoms with Crippen LogP contribution >= 0.6 is 39.1 Å². The molecule has 0 amide bonds. The zero-order chi connectivity index (χ0) is 18.8. The van der Waals surface area contributed by atoms with Crippen molar-refractivity contribution < 1.29 is 13.9 Å². The maximum Gasteiger partial charge on any atom is 0.308 e. The van der Waals surface area contributed by atoms with Gasteiger partial charge in [-0.15, -0.1) is 0 Å². The molecule has 0 saturated carbocycles. The van der Waals surface area contributed by atoms with E-state index in [0.717, 1.165) is 0 Å². The molecule has 0 N–H and O–H groups in total. The van der Waals surface area contributed by atoms with Gasteiger partial charge in [-0.2, -0.15) is 0 Å². The van der Waals surface area contributed by atoms with Gasteiger partial charge in [-0.1, -0.05) is 45.2 Å². The highest BCUT2D eigenvalue weighted by Gasteiger charge is 2.15. The van der Waals surface area contributed by atoms with Crippen LogP contribution in [-0.4, -0.2) is 11.0 Å². The second kappa shape index (κ2) is 7.74. The van der Waals surface area contributed by atoms with Crippen LogP contribution in [0.1, 0.15) is 18.2 Å². The zero-order valence-corrected chi connectivity index (χ0v) is 16.5. The van der Waals surface area contributed by atoms with Gasteiger partial charge in [-0.3, -0.25) is 4.79 Å². The third kappa shape index (κ3) is 3.90. The monoisotopic (exact) mass is 453 g/mol. The van der Waals surface area contributed by atoms with Crippen LogP contribution in [0.2, 0.25) is 10.0 Å². The summed E-state index contributed by atoms with van der Waals surface area (Å²) in [5.74, 6) is -0.738.